The van der Waals surface area contributed by atoms with Crippen LogP contribution in [0.15, 0.2) is 47.4 Å². The Hall–Kier alpha value is -2.39. The number of hydrogen-bond donors (Lipinski definition) is 1. The van der Waals surface area contributed by atoms with Crippen LogP contribution in [-0.4, -0.2) is 12.2 Å². The summed E-state index contributed by atoms with van der Waals surface area (Å²) in [5.41, 5.74) is 1.14. The maximum Gasteiger partial charge on any atom is 0.234 e. The topological polar surface area (TPSA) is 52.9 Å². The van der Waals surface area contributed by atoms with E-state index in [-0.39, 0.29) is 6.42 Å². The van der Waals surface area contributed by atoms with Gasteiger partial charge in [0, 0.05) is 4.90 Å². The van der Waals surface area contributed by atoms with Crippen molar-refractivity contribution in [3.63, 3.8) is 0 Å². The van der Waals surface area contributed by atoms with Gasteiger partial charge >= 0.3 is 0 Å². The van der Waals surface area contributed by atoms with Gasteiger partial charge in [0.2, 0.25) is 5.91 Å². The fraction of sp³-hybridized carbons (Fsp3) is 0.176. The zero-order chi connectivity index (χ0) is 16.8. The molecule has 118 valence electrons. The Bertz CT molecular complexity index is 758. The normalized spacial score (nSPS) is 11.6. The molecule has 0 aliphatic rings. The second-order valence-corrected chi connectivity index (χ2v) is 5.67. The first kappa shape index (κ1) is 17.0. The Labute approximate surface area is 137 Å². The average Bonchev–Trinajstić information content (AvgIpc) is 2.55. The number of hydrogen-bond acceptors (Lipinski definition) is 3. The highest BCUT2D eigenvalue weighted by atomic mass is 32.2. The van der Waals surface area contributed by atoms with Crippen LogP contribution in [0.4, 0.5) is 8.78 Å². The third kappa shape index (κ3) is 4.30. The first-order chi connectivity index (χ1) is 11.0. The summed E-state index contributed by atoms with van der Waals surface area (Å²) in [5, 5.41) is 11.3. The second-order valence-electron chi connectivity index (χ2n) is 4.79. The Morgan fingerprint density at radius 2 is 1.96 bits per heavy atom. The van der Waals surface area contributed by atoms with Crippen molar-refractivity contribution in [1.29, 1.82) is 5.26 Å². The molecule has 0 spiro atoms. The third-order valence-electron chi connectivity index (χ3n) is 3.25. The van der Waals surface area contributed by atoms with E-state index in [0.29, 0.717) is 5.56 Å². The molecule has 0 heterocycles. The Balaban J connectivity index is 2.43. The number of nitriles is 1. The smallest absolute Gasteiger partial charge is 0.234 e. The van der Waals surface area contributed by atoms with Crippen LogP contribution in [0.1, 0.15) is 23.6 Å². The molecule has 0 aliphatic heterocycles. The van der Waals surface area contributed by atoms with Gasteiger partial charge in [-0.3, -0.25) is 4.79 Å². The Morgan fingerprint density at radius 3 is 2.61 bits per heavy atom. The Morgan fingerprint density at radius 1 is 1.22 bits per heavy atom. The highest BCUT2D eigenvalue weighted by Gasteiger charge is 2.18. The number of carbonyl (C=O) groups is 1. The molecule has 3 nitrogen and oxygen atoms in total. The van der Waals surface area contributed by atoms with Crippen LogP contribution >= 0.6 is 11.8 Å². The third-order valence-corrected chi connectivity index (χ3v) is 3.97. The van der Waals surface area contributed by atoms with Crippen molar-refractivity contribution in [3.05, 3.63) is 65.2 Å². The van der Waals surface area contributed by atoms with E-state index in [1.165, 1.54) is 17.8 Å². The molecule has 0 aliphatic carbocycles. The lowest BCUT2D eigenvalue weighted by Gasteiger charge is -2.20. The molecule has 23 heavy (non-hydrogen) atoms. The van der Waals surface area contributed by atoms with Gasteiger partial charge in [0.05, 0.1) is 12.1 Å². The van der Waals surface area contributed by atoms with Gasteiger partial charge in [0.25, 0.3) is 0 Å². The van der Waals surface area contributed by atoms with E-state index in [1.807, 2.05) is 24.5 Å². The lowest BCUT2D eigenvalue weighted by atomic mass is 9.98. The lowest BCUT2D eigenvalue weighted by molar-refractivity contribution is -0.120. The monoisotopic (exact) mass is 332 g/mol. The fourth-order valence-corrected chi connectivity index (χ4v) is 2.62. The number of nitrogens with one attached hydrogen (secondary N) is 1. The molecule has 2 rings (SSSR count). The zero-order valence-electron chi connectivity index (χ0n) is 12.3. The summed E-state index contributed by atoms with van der Waals surface area (Å²) in [4.78, 5) is 12.8. The lowest BCUT2D eigenvalue weighted by Crippen LogP contribution is -2.29. The number of halogens is 2. The number of rotatable bonds is 5. The number of thioether (sulfide) groups is 1. The molecular weight excluding hydrogens is 318 g/mol. The van der Waals surface area contributed by atoms with Crippen molar-refractivity contribution in [2.45, 2.75) is 17.4 Å². The first-order valence-corrected chi connectivity index (χ1v) is 8.03. The van der Waals surface area contributed by atoms with E-state index in [0.717, 1.165) is 22.6 Å². The maximum atomic E-state index is 13.5. The predicted octanol–water partition coefficient (Wildman–Crippen LogP) is 3.81. The number of carbonyl (C=O) groups excluding carboxylic acids is 1. The molecule has 0 radical (unpaired) electrons. The van der Waals surface area contributed by atoms with Gasteiger partial charge in [-0.15, -0.1) is 11.8 Å². The summed E-state index contributed by atoms with van der Waals surface area (Å²) in [7, 11) is 0. The van der Waals surface area contributed by atoms with E-state index in [4.69, 9.17) is 5.26 Å². The van der Waals surface area contributed by atoms with Crippen LogP contribution in [-0.2, 0) is 4.79 Å². The minimum Gasteiger partial charge on any atom is -0.344 e. The molecule has 2 aromatic carbocycles. The minimum absolute atomic E-state index is 0.303. The SMILES string of the molecule is CSc1cccc([C@H](NC(=O)CC#N)c2ccc(F)c(F)c2)c1. The molecule has 0 bridgehead atoms. The van der Waals surface area contributed by atoms with Crippen LogP contribution in [0.3, 0.4) is 0 Å². The minimum atomic E-state index is -0.983. The summed E-state index contributed by atoms with van der Waals surface area (Å²) in [5.74, 6) is -2.41. The molecule has 0 unspecified atom stereocenters. The number of amides is 1. The van der Waals surface area contributed by atoms with Crippen molar-refractivity contribution in [2.75, 3.05) is 6.26 Å². The molecule has 1 amide bonds. The molecule has 1 atom stereocenters. The van der Waals surface area contributed by atoms with Gasteiger partial charge in [-0.1, -0.05) is 18.2 Å². The molecule has 0 saturated carbocycles. The van der Waals surface area contributed by atoms with Crippen LogP contribution in [0.2, 0.25) is 0 Å². The van der Waals surface area contributed by atoms with E-state index in [9.17, 15) is 13.6 Å². The van der Waals surface area contributed by atoms with Crippen LogP contribution < -0.4 is 5.32 Å². The second kappa shape index (κ2) is 7.75. The predicted molar refractivity (Wildman–Crippen MR) is 84.8 cm³/mol. The quantitative estimate of drug-likeness (QED) is 0.847. The number of benzene rings is 2. The van der Waals surface area contributed by atoms with E-state index >= 15 is 0 Å². The average molecular weight is 332 g/mol. The van der Waals surface area contributed by atoms with Crippen molar-refractivity contribution >= 4 is 17.7 Å². The molecule has 2 aromatic rings. The largest absolute Gasteiger partial charge is 0.344 e. The van der Waals surface area contributed by atoms with Crippen molar-refractivity contribution in [2.24, 2.45) is 0 Å². The maximum absolute atomic E-state index is 13.5. The highest BCUT2D eigenvalue weighted by molar-refractivity contribution is 7.98. The van der Waals surface area contributed by atoms with Crippen molar-refractivity contribution < 1.29 is 13.6 Å². The molecule has 0 saturated heterocycles. The van der Waals surface area contributed by atoms with E-state index in [1.54, 1.807) is 12.1 Å². The van der Waals surface area contributed by atoms with Gasteiger partial charge in [-0.05, 0) is 41.6 Å². The van der Waals surface area contributed by atoms with Crippen molar-refractivity contribution in [1.82, 2.24) is 5.32 Å². The molecule has 1 N–H and O–H groups in total. The summed E-state index contributed by atoms with van der Waals surface area (Å²) in [6.07, 6.45) is 1.61. The summed E-state index contributed by atoms with van der Waals surface area (Å²) < 4.78 is 26.7. The summed E-state index contributed by atoms with van der Waals surface area (Å²) in [6, 6.07) is 12.0. The summed E-state index contributed by atoms with van der Waals surface area (Å²) in [6.45, 7) is 0. The standard InChI is InChI=1S/C17H14F2N2OS/c1-23-13-4-2-3-11(9-13)17(21-16(22)7-8-20)12-5-6-14(18)15(19)10-12/h2-6,9-10,17H,7H2,1H3,(H,21,22)/t17-/m0/s1. The van der Waals surface area contributed by atoms with Crippen LogP contribution in [0.25, 0.3) is 0 Å². The molecule has 0 fully saturated rings. The first-order valence-electron chi connectivity index (χ1n) is 6.80. The van der Waals surface area contributed by atoms with Crippen LogP contribution in [0, 0.1) is 23.0 Å². The van der Waals surface area contributed by atoms with Gasteiger partial charge in [0.1, 0.15) is 6.42 Å². The highest BCUT2D eigenvalue weighted by Crippen LogP contribution is 2.27. The Kier molecular flexibility index (Phi) is 5.72. The van der Waals surface area contributed by atoms with Gasteiger partial charge in [-0.25, -0.2) is 8.78 Å². The summed E-state index contributed by atoms with van der Waals surface area (Å²) >= 11 is 1.53. The van der Waals surface area contributed by atoms with Crippen LogP contribution in [0.5, 0.6) is 0 Å². The van der Waals surface area contributed by atoms with Gasteiger partial charge in [0.15, 0.2) is 11.6 Å². The van der Waals surface area contributed by atoms with E-state index < -0.39 is 23.6 Å². The molecule has 0 aromatic heterocycles. The fourth-order valence-electron chi connectivity index (χ4n) is 2.16. The van der Waals surface area contributed by atoms with Gasteiger partial charge in [-0.2, -0.15) is 5.26 Å². The van der Waals surface area contributed by atoms with E-state index in [2.05, 4.69) is 5.32 Å². The van der Waals surface area contributed by atoms with Crippen molar-refractivity contribution in [3.8, 4) is 6.07 Å². The zero-order valence-corrected chi connectivity index (χ0v) is 13.2. The number of nitrogens with zero attached hydrogens (tertiary/aromatic N) is 1. The molecular formula is C17H14F2N2OS. The molecule has 6 heteroatoms. The van der Waals surface area contributed by atoms with Gasteiger partial charge < -0.3 is 5.32 Å².